The molecule has 2 aromatic heterocycles. The molecule has 178 valence electrons. The van der Waals surface area contributed by atoms with Crippen molar-refractivity contribution in [2.75, 3.05) is 0 Å². The number of benzene rings is 1. The Morgan fingerprint density at radius 3 is 2.76 bits per heavy atom. The van der Waals surface area contributed by atoms with Crippen molar-refractivity contribution < 1.29 is 13.9 Å². The summed E-state index contributed by atoms with van der Waals surface area (Å²) in [6.07, 6.45) is 2.28. The second-order valence-corrected chi connectivity index (χ2v) is 9.68. The zero-order valence-corrected chi connectivity index (χ0v) is 20.3. The predicted molar refractivity (Wildman–Crippen MR) is 129 cm³/mol. The third-order valence-corrected chi connectivity index (χ3v) is 7.16. The highest BCUT2D eigenvalue weighted by Crippen LogP contribution is 2.44. The number of carbonyl (C=O) groups excluding carboxylic acids is 1. The lowest BCUT2D eigenvalue weighted by Gasteiger charge is -2.31. The third-order valence-electron chi connectivity index (χ3n) is 7.16. The molecule has 0 amide bonds. The smallest absolute Gasteiger partial charge is 0.302 e. The number of halogens is 1. The largest absolute Gasteiger partial charge is 0.461 e. The molecule has 1 aromatic carbocycles. The summed E-state index contributed by atoms with van der Waals surface area (Å²) in [5.74, 6) is -0.655. The Hall–Kier alpha value is -3.06. The first kappa shape index (κ1) is 22.7. The molecule has 0 spiro atoms. The number of carbonyl (C=O) groups is 1. The van der Waals surface area contributed by atoms with Gasteiger partial charge in [0, 0.05) is 36.0 Å². The third kappa shape index (κ3) is 3.45. The van der Waals surface area contributed by atoms with E-state index in [1.165, 1.54) is 13.0 Å². The van der Waals surface area contributed by atoms with Crippen LogP contribution in [0.15, 0.2) is 16.9 Å². The number of esters is 1. The molecule has 0 radical (unpaired) electrons. The first-order valence-electron chi connectivity index (χ1n) is 12.0. The zero-order valence-electron chi connectivity index (χ0n) is 20.3. The van der Waals surface area contributed by atoms with E-state index < -0.39 is 5.97 Å². The van der Waals surface area contributed by atoms with Crippen LogP contribution < -0.4 is 10.9 Å². The van der Waals surface area contributed by atoms with Gasteiger partial charge in [0.1, 0.15) is 12.4 Å². The van der Waals surface area contributed by atoms with Crippen LogP contribution in [0.25, 0.3) is 22.3 Å². The van der Waals surface area contributed by atoms with Crippen LogP contribution in [0, 0.1) is 12.7 Å². The summed E-state index contributed by atoms with van der Waals surface area (Å²) in [6, 6.07) is 3.90. The average molecular weight is 464 g/mol. The van der Waals surface area contributed by atoms with E-state index in [-0.39, 0.29) is 30.1 Å². The molecule has 5 rings (SSSR count). The van der Waals surface area contributed by atoms with E-state index in [1.54, 1.807) is 4.57 Å². The van der Waals surface area contributed by atoms with Crippen LogP contribution >= 0.6 is 0 Å². The predicted octanol–water partition coefficient (Wildman–Crippen LogP) is 4.48. The summed E-state index contributed by atoms with van der Waals surface area (Å²) in [5, 5.41) is 4.71. The Labute approximate surface area is 198 Å². The second kappa shape index (κ2) is 8.31. The van der Waals surface area contributed by atoms with Gasteiger partial charge in [-0.25, -0.2) is 9.37 Å². The van der Waals surface area contributed by atoms with E-state index in [4.69, 9.17) is 9.72 Å². The van der Waals surface area contributed by atoms with Crippen molar-refractivity contribution in [1.29, 1.82) is 0 Å². The van der Waals surface area contributed by atoms with Crippen LogP contribution in [0.4, 0.5) is 4.39 Å². The number of aromatic nitrogens is 2. The summed E-state index contributed by atoms with van der Waals surface area (Å²) in [5.41, 5.74) is 7.21. The maximum atomic E-state index is 14.8. The number of pyridine rings is 2. The molecular weight excluding hydrogens is 433 g/mol. The van der Waals surface area contributed by atoms with E-state index in [1.807, 2.05) is 19.9 Å². The Morgan fingerprint density at radius 2 is 2.09 bits per heavy atom. The number of hydrogen-bond acceptors (Lipinski definition) is 5. The summed E-state index contributed by atoms with van der Waals surface area (Å²) >= 11 is 0. The molecule has 0 saturated heterocycles. The Bertz CT molecular complexity index is 1410. The molecule has 2 aliphatic rings. The number of nitrogens with zero attached hydrogens (tertiary/aromatic N) is 2. The normalized spacial score (nSPS) is 16.1. The minimum absolute atomic E-state index is 0.0394. The van der Waals surface area contributed by atoms with Gasteiger partial charge < -0.3 is 14.6 Å². The maximum Gasteiger partial charge on any atom is 0.302 e. The van der Waals surface area contributed by atoms with Gasteiger partial charge in [-0.15, -0.1) is 0 Å². The molecule has 0 saturated carbocycles. The van der Waals surface area contributed by atoms with E-state index >= 15 is 0 Å². The van der Waals surface area contributed by atoms with E-state index in [0.29, 0.717) is 29.6 Å². The number of aryl methyl sites for hydroxylation is 2. The summed E-state index contributed by atoms with van der Waals surface area (Å²) in [7, 11) is 0. The highest BCUT2D eigenvalue weighted by molar-refractivity contribution is 5.92. The fourth-order valence-corrected chi connectivity index (χ4v) is 5.61. The molecular formula is C27H30FN3O3. The summed E-state index contributed by atoms with van der Waals surface area (Å²) in [6.45, 7) is 9.77. The van der Waals surface area contributed by atoms with Crippen molar-refractivity contribution in [1.82, 2.24) is 14.9 Å². The lowest BCUT2D eigenvalue weighted by molar-refractivity contribution is -0.142. The molecule has 0 fully saturated rings. The van der Waals surface area contributed by atoms with Crippen molar-refractivity contribution in [3.8, 4) is 11.4 Å². The molecule has 3 aromatic rings. The molecule has 34 heavy (non-hydrogen) atoms. The average Bonchev–Trinajstić information content (AvgIpc) is 3.15. The van der Waals surface area contributed by atoms with Gasteiger partial charge in [0.15, 0.2) is 0 Å². The topological polar surface area (TPSA) is 73.2 Å². The van der Waals surface area contributed by atoms with Crippen LogP contribution in [-0.4, -0.2) is 21.6 Å². The number of fused-ring (bicyclic) bond motifs is 4. The van der Waals surface area contributed by atoms with Crippen molar-refractivity contribution >= 4 is 16.9 Å². The molecule has 1 aliphatic heterocycles. The quantitative estimate of drug-likeness (QED) is 0.442. The Balaban J connectivity index is 1.78. The van der Waals surface area contributed by atoms with Gasteiger partial charge in [-0.2, -0.15) is 0 Å². The molecule has 7 heteroatoms. The maximum absolute atomic E-state index is 14.8. The van der Waals surface area contributed by atoms with Gasteiger partial charge >= 0.3 is 5.97 Å². The van der Waals surface area contributed by atoms with Crippen molar-refractivity contribution in [2.45, 2.75) is 79.1 Å². The van der Waals surface area contributed by atoms with Crippen molar-refractivity contribution in [2.24, 2.45) is 0 Å². The first-order chi connectivity index (χ1) is 16.2. The minimum atomic E-state index is -0.417. The van der Waals surface area contributed by atoms with Crippen LogP contribution in [0.3, 0.4) is 0 Å². The molecule has 0 bridgehead atoms. The highest BCUT2D eigenvalue weighted by Gasteiger charge is 2.34. The summed E-state index contributed by atoms with van der Waals surface area (Å²) in [4.78, 5) is 29.9. The van der Waals surface area contributed by atoms with Crippen LogP contribution in [0.2, 0.25) is 0 Å². The molecule has 6 nitrogen and oxygen atoms in total. The highest BCUT2D eigenvalue weighted by atomic mass is 19.1. The number of ether oxygens (including phenoxy) is 1. The molecule has 3 heterocycles. The van der Waals surface area contributed by atoms with Gasteiger partial charge in [0.25, 0.3) is 5.56 Å². The van der Waals surface area contributed by atoms with Crippen LogP contribution in [-0.2, 0) is 35.5 Å². The van der Waals surface area contributed by atoms with Gasteiger partial charge in [-0.05, 0) is 54.5 Å². The number of rotatable bonds is 5. The molecule has 1 aliphatic carbocycles. The molecule has 1 N–H and O–H groups in total. The Morgan fingerprint density at radius 1 is 1.32 bits per heavy atom. The van der Waals surface area contributed by atoms with Crippen LogP contribution in [0.1, 0.15) is 73.5 Å². The Kier molecular flexibility index (Phi) is 5.55. The molecule has 1 atom stereocenters. The second-order valence-electron chi connectivity index (χ2n) is 9.68. The number of nitrogens with one attached hydrogen (secondary N) is 1. The zero-order chi connectivity index (χ0) is 24.3. The SMILES string of the molecule is CCc1cc2n(c(=O)c1COC(C)=O)Cc1c-2nc2cc(F)c(C)c3c2c1C(NC(C)C)CC3. The van der Waals surface area contributed by atoms with Gasteiger partial charge in [0.2, 0.25) is 0 Å². The van der Waals surface area contributed by atoms with Crippen molar-refractivity contribution in [3.05, 3.63) is 61.7 Å². The summed E-state index contributed by atoms with van der Waals surface area (Å²) < 4.78 is 21.8. The van der Waals surface area contributed by atoms with E-state index in [2.05, 4.69) is 19.2 Å². The van der Waals surface area contributed by atoms with Crippen molar-refractivity contribution in [3.63, 3.8) is 0 Å². The lowest BCUT2D eigenvalue weighted by Crippen LogP contribution is -2.32. The first-order valence-corrected chi connectivity index (χ1v) is 12.0. The monoisotopic (exact) mass is 463 g/mol. The standard InChI is InChI=1S/C27H30FN3O3/c1-6-16-9-23-26-18(11-31(23)27(33)19(16)12-34-15(5)32)25-21(29-13(2)3)8-7-17-14(4)20(28)10-22(30-26)24(17)25/h9-10,13,21,29H,6-8,11-12H2,1-5H3. The van der Waals surface area contributed by atoms with Gasteiger partial charge in [-0.3, -0.25) is 9.59 Å². The van der Waals surface area contributed by atoms with Gasteiger partial charge in [0.05, 0.1) is 29.0 Å². The van der Waals surface area contributed by atoms with Gasteiger partial charge in [-0.1, -0.05) is 20.8 Å². The minimum Gasteiger partial charge on any atom is -0.461 e. The number of hydrogen-bond donors (Lipinski definition) is 1. The fourth-order valence-electron chi connectivity index (χ4n) is 5.61. The van der Waals surface area contributed by atoms with E-state index in [0.717, 1.165) is 51.9 Å². The van der Waals surface area contributed by atoms with Crippen LogP contribution in [0.5, 0.6) is 0 Å². The van der Waals surface area contributed by atoms with E-state index in [9.17, 15) is 14.0 Å². The fraction of sp³-hybridized carbons (Fsp3) is 0.444. The lowest BCUT2D eigenvalue weighted by atomic mass is 9.81. The molecule has 1 unspecified atom stereocenters.